The fourth-order valence-corrected chi connectivity index (χ4v) is 2.22. The highest BCUT2D eigenvalue weighted by molar-refractivity contribution is 5.85. The lowest BCUT2D eigenvalue weighted by molar-refractivity contribution is 0.586. The molecule has 1 aromatic carbocycles. The van der Waals surface area contributed by atoms with Crippen molar-refractivity contribution in [3.8, 4) is 6.07 Å². The molecule has 1 N–H and O–H groups in total. The van der Waals surface area contributed by atoms with Gasteiger partial charge in [-0.1, -0.05) is 13.0 Å². The van der Waals surface area contributed by atoms with Gasteiger partial charge in [0.2, 0.25) is 0 Å². The number of fused-ring (bicyclic) bond motifs is 1. The predicted octanol–water partition coefficient (Wildman–Crippen LogP) is 2.90. The van der Waals surface area contributed by atoms with Crippen LogP contribution in [0, 0.1) is 11.3 Å². The van der Waals surface area contributed by atoms with Crippen molar-refractivity contribution in [1.29, 1.82) is 5.26 Å². The van der Waals surface area contributed by atoms with Gasteiger partial charge in [0.05, 0.1) is 11.6 Å². The van der Waals surface area contributed by atoms with Crippen LogP contribution < -0.4 is 5.32 Å². The zero-order valence-electron chi connectivity index (χ0n) is 10.8. The summed E-state index contributed by atoms with van der Waals surface area (Å²) >= 11 is 0. The second-order valence-corrected chi connectivity index (χ2v) is 4.42. The van der Waals surface area contributed by atoms with Crippen LogP contribution in [-0.2, 0) is 6.54 Å². The number of aryl methyl sites for hydroxylation is 1. The van der Waals surface area contributed by atoms with E-state index in [2.05, 4.69) is 35.1 Å². The first-order chi connectivity index (χ1) is 8.86. The molecular formula is C15H19N3. The third-order valence-electron chi connectivity index (χ3n) is 3.19. The first kappa shape index (κ1) is 12.7. The number of aromatic nitrogens is 1. The Balaban J connectivity index is 2.04. The van der Waals surface area contributed by atoms with Gasteiger partial charge in [0, 0.05) is 23.6 Å². The van der Waals surface area contributed by atoms with E-state index < -0.39 is 0 Å². The van der Waals surface area contributed by atoms with Crippen LogP contribution in [0.4, 0.5) is 0 Å². The van der Waals surface area contributed by atoms with E-state index in [1.165, 1.54) is 6.42 Å². The molecule has 18 heavy (non-hydrogen) atoms. The average Bonchev–Trinajstić information content (AvgIpc) is 2.82. The second-order valence-electron chi connectivity index (χ2n) is 4.42. The van der Waals surface area contributed by atoms with Gasteiger partial charge in [-0.15, -0.1) is 0 Å². The highest BCUT2D eigenvalue weighted by Crippen LogP contribution is 2.20. The summed E-state index contributed by atoms with van der Waals surface area (Å²) in [5.74, 6) is 0. The van der Waals surface area contributed by atoms with E-state index in [4.69, 9.17) is 5.26 Å². The zero-order chi connectivity index (χ0) is 12.8. The molecule has 2 rings (SSSR count). The summed E-state index contributed by atoms with van der Waals surface area (Å²) in [7, 11) is 0. The highest BCUT2D eigenvalue weighted by Gasteiger charge is 2.04. The molecule has 0 atom stereocenters. The van der Waals surface area contributed by atoms with Gasteiger partial charge in [-0.2, -0.15) is 5.26 Å². The summed E-state index contributed by atoms with van der Waals surface area (Å²) in [5, 5.41) is 13.4. The minimum Gasteiger partial charge on any atom is -0.347 e. The Hall–Kier alpha value is -1.79. The van der Waals surface area contributed by atoms with Gasteiger partial charge in [0.15, 0.2) is 0 Å². The first-order valence-corrected chi connectivity index (χ1v) is 6.55. The minimum absolute atomic E-state index is 0.763. The third-order valence-corrected chi connectivity index (χ3v) is 3.19. The lowest BCUT2D eigenvalue weighted by Crippen LogP contribution is -2.14. The maximum atomic E-state index is 9.05. The Bertz CT molecular complexity index is 548. The topological polar surface area (TPSA) is 40.8 Å². The van der Waals surface area contributed by atoms with Gasteiger partial charge >= 0.3 is 0 Å². The molecule has 0 unspecified atom stereocenters. The van der Waals surface area contributed by atoms with Crippen molar-refractivity contribution < 1.29 is 0 Å². The van der Waals surface area contributed by atoms with E-state index in [9.17, 15) is 0 Å². The minimum atomic E-state index is 0.763. The number of unbranched alkanes of at least 4 members (excludes halogenated alkanes) is 1. The Morgan fingerprint density at radius 1 is 1.28 bits per heavy atom. The smallest absolute Gasteiger partial charge is 0.0998 e. The highest BCUT2D eigenvalue weighted by atomic mass is 14.9. The molecule has 94 valence electrons. The van der Waals surface area contributed by atoms with Gasteiger partial charge < -0.3 is 9.88 Å². The van der Waals surface area contributed by atoms with Crippen LogP contribution >= 0.6 is 0 Å². The molecule has 0 aliphatic carbocycles. The monoisotopic (exact) mass is 241 g/mol. The maximum absolute atomic E-state index is 9.05. The lowest BCUT2D eigenvalue weighted by atomic mass is 10.1. The van der Waals surface area contributed by atoms with Gasteiger partial charge in [0.1, 0.15) is 0 Å². The quantitative estimate of drug-likeness (QED) is 0.790. The van der Waals surface area contributed by atoms with Crippen molar-refractivity contribution in [2.75, 3.05) is 13.1 Å². The molecular weight excluding hydrogens is 222 g/mol. The van der Waals surface area contributed by atoms with Crippen molar-refractivity contribution in [1.82, 2.24) is 9.88 Å². The van der Waals surface area contributed by atoms with Crippen LogP contribution in [0.3, 0.4) is 0 Å². The molecule has 0 bridgehead atoms. The molecule has 0 spiro atoms. The fourth-order valence-electron chi connectivity index (χ4n) is 2.22. The van der Waals surface area contributed by atoms with E-state index in [0.717, 1.165) is 42.5 Å². The second kappa shape index (κ2) is 6.23. The van der Waals surface area contributed by atoms with Crippen molar-refractivity contribution >= 4 is 10.9 Å². The number of hydrogen-bond acceptors (Lipinski definition) is 2. The summed E-state index contributed by atoms with van der Waals surface area (Å²) in [5.41, 5.74) is 1.93. The number of nitrogens with zero attached hydrogens (tertiary/aromatic N) is 2. The number of nitriles is 1. The van der Waals surface area contributed by atoms with Crippen LogP contribution in [0.2, 0.25) is 0 Å². The van der Waals surface area contributed by atoms with E-state index in [1.54, 1.807) is 0 Å². The van der Waals surface area contributed by atoms with Crippen molar-refractivity contribution in [2.24, 2.45) is 0 Å². The Labute approximate surface area is 108 Å². The van der Waals surface area contributed by atoms with E-state index >= 15 is 0 Å². The molecule has 3 nitrogen and oxygen atoms in total. The summed E-state index contributed by atoms with van der Waals surface area (Å²) < 4.78 is 2.24. The molecule has 0 saturated carbocycles. The Morgan fingerprint density at radius 3 is 2.94 bits per heavy atom. The molecule has 1 aromatic heterocycles. The Morgan fingerprint density at radius 2 is 2.17 bits per heavy atom. The normalized spacial score (nSPS) is 10.7. The molecule has 0 saturated heterocycles. The average molecular weight is 241 g/mol. The van der Waals surface area contributed by atoms with Crippen molar-refractivity contribution in [2.45, 2.75) is 26.3 Å². The number of nitrogens with one attached hydrogen (secondary N) is 1. The standard InChI is InChI=1S/C15H19N3/c1-2-17-9-3-4-10-18-11-8-14-13(12-16)6-5-7-15(14)18/h5-8,11,17H,2-4,9-10H2,1H3. The van der Waals surface area contributed by atoms with E-state index in [1.807, 2.05) is 18.2 Å². The van der Waals surface area contributed by atoms with Crippen LogP contribution in [-0.4, -0.2) is 17.7 Å². The molecule has 2 aromatic rings. The van der Waals surface area contributed by atoms with Crippen LogP contribution in [0.25, 0.3) is 10.9 Å². The van der Waals surface area contributed by atoms with Gasteiger partial charge in [-0.3, -0.25) is 0 Å². The lowest BCUT2D eigenvalue weighted by Gasteiger charge is -2.06. The largest absolute Gasteiger partial charge is 0.347 e. The molecule has 1 heterocycles. The van der Waals surface area contributed by atoms with Gasteiger partial charge in [-0.25, -0.2) is 0 Å². The molecule has 0 aliphatic rings. The van der Waals surface area contributed by atoms with Crippen LogP contribution in [0.5, 0.6) is 0 Å². The number of rotatable bonds is 6. The molecule has 0 aliphatic heterocycles. The molecule has 3 heteroatoms. The fraction of sp³-hybridized carbons (Fsp3) is 0.400. The van der Waals surface area contributed by atoms with Crippen molar-refractivity contribution in [3.05, 3.63) is 36.0 Å². The maximum Gasteiger partial charge on any atom is 0.0998 e. The third kappa shape index (κ3) is 2.72. The molecule has 0 fully saturated rings. The Kier molecular flexibility index (Phi) is 4.38. The predicted molar refractivity (Wildman–Crippen MR) is 74.4 cm³/mol. The summed E-state index contributed by atoms with van der Waals surface area (Å²) in [6, 6.07) is 10.2. The summed E-state index contributed by atoms with van der Waals surface area (Å²) in [6.45, 7) is 5.27. The zero-order valence-corrected chi connectivity index (χ0v) is 10.8. The number of hydrogen-bond donors (Lipinski definition) is 1. The van der Waals surface area contributed by atoms with Crippen LogP contribution in [0.15, 0.2) is 30.5 Å². The number of benzene rings is 1. The van der Waals surface area contributed by atoms with Crippen molar-refractivity contribution in [3.63, 3.8) is 0 Å². The van der Waals surface area contributed by atoms with Gasteiger partial charge in [-0.05, 0) is 44.1 Å². The van der Waals surface area contributed by atoms with E-state index in [0.29, 0.717) is 0 Å². The van der Waals surface area contributed by atoms with E-state index in [-0.39, 0.29) is 0 Å². The SMILES string of the molecule is CCNCCCCn1ccc2c(C#N)cccc21. The summed E-state index contributed by atoms with van der Waals surface area (Å²) in [6.07, 6.45) is 4.43. The molecule has 0 radical (unpaired) electrons. The first-order valence-electron chi connectivity index (χ1n) is 6.55. The van der Waals surface area contributed by atoms with Gasteiger partial charge in [0.25, 0.3) is 0 Å². The molecule has 0 amide bonds. The summed E-state index contributed by atoms with van der Waals surface area (Å²) in [4.78, 5) is 0. The van der Waals surface area contributed by atoms with Crippen LogP contribution in [0.1, 0.15) is 25.3 Å².